The van der Waals surface area contributed by atoms with Gasteiger partial charge in [0.15, 0.2) is 5.78 Å². The summed E-state index contributed by atoms with van der Waals surface area (Å²) in [5.41, 5.74) is 4.47. The molecule has 2 aromatic rings. The van der Waals surface area contributed by atoms with Crippen LogP contribution >= 0.6 is 11.6 Å². The van der Waals surface area contributed by atoms with Crippen molar-refractivity contribution in [2.45, 2.75) is 24.3 Å². The fourth-order valence-electron chi connectivity index (χ4n) is 2.11. The number of rotatable bonds is 8. The van der Waals surface area contributed by atoms with Crippen molar-refractivity contribution in [3.8, 4) is 0 Å². The minimum absolute atomic E-state index is 0.123. The number of hydrazine groups is 1. The summed E-state index contributed by atoms with van der Waals surface area (Å²) in [7, 11) is -3.76. The van der Waals surface area contributed by atoms with E-state index in [0.717, 1.165) is 11.1 Å². The molecule has 24 heavy (non-hydrogen) atoms. The van der Waals surface area contributed by atoms with Crippen molar-refractivity contribution in [1.82, 2.24) is 10.3 Å². The first kappa shape index (κ1) is 18.6. The van der Waals surface area contributed by atoms with Crippen LogP contribution in [-0.2, 0) is 21.2 Å². The Morgan fingerprint density at radius 2 is 1.71 bits per heavy atom. The molecule has 0 spiro atoms. The molecule has 5 nitrogen and oxygen atoms in total. The van der Waals surface area contributed by atoms with Gasteiger partial charge >= 0.3 is 0 Å². The number of Topliss-reactive ketones (excluding diaryl/α,β-unsaturated/α-hetero) is 1. The molecule has 0 aromatic heterocycles. The molecule has 0 aliphatic heterocycles. The summed E-state index contributed by atoms with van der Waals surface area (Å²) in [5, 5.41) is 0. The molecule has 0 saturated heterocycles. The zero-order valence-electron chi connectivity index (χ0n) is 13.2. The summed E-state index contributed by atoms with van der Waals surface area (Å²) in [6.45, 7) is 1.87. The number of carbonyl (C=O) groups excluding carboxylic acids is 1. The number of hydrogen-bond donors (Lipinski definition) is 2. The molecule has 2 N–H and O–H groups in total. The molecule has 0 unspecified atom stereocenters. The summed E-state index contributed by atoms with van der Waals surface area (Å²) in [5.74, 6) is -0.483. The van der Waals surface area contributed by atoms with Crippen molar-refractivity contribution in [3.05, 3.63) is 65.7 Å². The first-order chi connectivity index (χ1) is 11.4. The van der Waals surface area contributed by atoms with Gasteiger partial charge in [-0.1, -0.05) is 48.0 Å². The Morgan fingerprint density at radius 3 is 2.29 bits per heavy atom. The van der Waals surface area contributed by atoms with Crippen molar-refractivity contribution in [2.75, 3.05) is 5.88 Å². The van der Waals surface area contributed by atoms with Crippen LogP contribution in [0.5, 0.6) is 0 Å². The van der Waals surface area contributed by atoms with E-state index >= 15 is 0 Å². The monoisotopic (exact) mass is 366 g/mol. The fourth-order valence-corrected chi connectivity index (χ4v) is 3.21. The second-order valence-electron chi connectivity index (χ2n) is 5.41. The van der Waals surface area contributed by atoms with Gasteiger partial charge in [-0.05, 0) is 31.0 Å². The second kappa shape index (κ2) is 8.39. The molecule has 0 fully saturated rings. The zero-order valence-corrected chi connectivity index (χ0v) is 14.8. The van der Waals surface area contributed by atoms with E-state index in [1.165, 1.54) is 12.1 Å². The molecule has 0 aliphatic rings. The third-order valence-electron chi connectivity index (χ3n) is 3.50. The van der Waals surface area contributed by atoms with Crippen molar-refractivity contribution in [1.29, 1.82) is 0 Å². The second-order valence-corrected chi connectivity index (χ2v) is 7.35. The maximum Gasteiger partial charge on any atom is 0.253 e. The fraction of sp³-hybridized carbons (Fsp3) is 0.235. The third kappa shape index (κ3) is 5.14. The Hall–Kier alpha value is -1.73. The lowest BCUT2D eigenvalue weighted by Crippen LogP contribution is -2.49. The highest BCUT2D eigenvalue weighted by atomic mass is 35.5. The number of nitrogens with one attached hydrogen (secondary N) is 2. The van der Waals surface area contributed by atoms with Crippen LogP contribution in [0.15, 0.2) is 59.5 Å². The van der Waals surface area contributed by atoms with E-state index in [2.05, 4.69) is 10.3 Å². The lowest BCUT2D eigenvalue weighted by Gasteiger charge is -2.17. The SMILES string of the molecule is Cc1ccc(S(=O)(=O)NN[C@@H](Cc2ccccc2)C(=O)CCl)cc1. The largest absolute Gasteiger partial charge is 0.297 e. The van der Waals surface area contributed by atoms with E-state index in [1.807, 2.05) is 37.3 Å². The molecular weight excluding hydrogens is 348 g/mol. The summed E-state index contributed by atoms with van der Waals surface area (Å²) in [6, 6.07) is 15.0. The number of aryl methyl sites for hydroxylation is 1. The van der Waals surface area contributed by atoms with Gasteiger partial charge in [0.25, 0.3) is 10.0 Å². The topological polar surface area (TPSA) is 75.3 Å². The smallest absolute Gasteiger partial charge is 0.253 e. The number of halogens is 1. The van der Waals surface area contributed by atoms with Crippen LogP contribution in [-0.4, -0.2) is 26.1 Å². The Kier molecular flexibility index (Phi) is 6.51. The molecule has 128 valence electrons. The van der Waals surface area contributed by atoms with E-state index in [4.69, 9.17) is 11.6 Å². The molecular formula is C17H19ClN2O3S. The minimum Gasteiger partial charge on any atom is -0.297 e. The first-order valence-electron chi connectivity index (χ1n) is 7.39. The molecule has 2 rings (SSSR count). The van der Waals surface area contributed by atoms with E-state index in [-0.39, 0.29) is 16.6 Å². The van der Waals surface area contributed by atoms with Crippen LogP contribution in [0.1, 0.15) is 11.1 Å². The summed E-state index contributed by atoms with van der Waals surface area (Å²) < 4.78 is 24.6. The summed E-state index contributed by atoms with van der Waals surface area (Å²) >= 11 is 5.63. The van der Waals surface area contributed by atoms with Gasteiger partial charge in [-0.25, -0.2) is 13.8 Å². The van der Waals surface area contributed by atoms with Crippen molar-refractivity contribution in [3.63, 3.8) is 0 Å². The number of hydrogen-bond acceptors (Lipinski definition) is 4. The summed E-state index contributed by atoms with van der Waals surface area (Å²) in [4.78, 5) is 14.4. The molecule has 0 heterocycles. The highest BCUT2D eigenvalue weighted by molar-refractivity contribution is 7.89. The molecule has 0 saturated carbocycles. The zero-order chi connectivity index (χ0) is 17.6. The molecule has 2 aromatic carbocycles. The van der Waals surface area contributed by atoms with Crippen LogP contribution in [0, 0.1) is 6.92 Å². The normalized spacial score (nSPS) is 12.8. The Balaban J connectivity index is 2.09. The predicted molar refractivity (Wildman–Crippen MR) is 94.3 cm³/mol. The highest BCUT2D eigenvalue weighted by Gasteiger charge is 2.21. The number of carbonyl (C=O) groups is 1. The lowest BCUT2D eigenvalue weighted by atomic mass is 10.0. The van der Waals surface area contributed by atoms with Gasteiger partial charge in [0.05, 0.1) is 16.8 Å². The van der Waals surface area contributed by atoms with Crippen molar-refractivity contribution >= 4 is 27.4 Å². The number of sulfonamides is 1. The average Bonchev–Trinajstić information content (AvgIpc) is 2.59. The lowest BCUT2D eigenvalue weighted by molar-refractivity contribution is -0.118. The minimum atomic E-state index is -3.76. The number of ketones is 1. The quantitative estimate of drug-likeness (QED) is 0.554. The molecule has 0 amide bonds. The maximum atomic E-state index is 12.3. The standard InChI is InChI=1S/C17H19ClN2O3S/c1-13-7-9-15(10-8-13)24(22,23)20-19-16(17(21)12-18)11-14-5-3-2-4-6-14/h2-10,16,19-20H,11-12H2,1H3/t16-/m0/s1. The first-order valence-corrected chi connectivity index (χ1v) is 9.41. The predicted octanol–water partition coefficient (Wildman–Crippen LogP) is 2.20. The summed E-state index contributed by atoms with van der Waals surface area (Å²) in [6.07, 6.45) is 0.336. The van der Waals surface area contributed by atoms with Crippen LogP contribution in [0.3, 0.4) is 0 Å². The Bertz CT molecular complexity index is 777. The van der Waals surface area contributed by atoms with Gasteiger partial charge in [0.1, 0.15) is 0 Å². The highest BCUT2D eigenvalue weighted by Crippen LogP contribution is 2.10. The van der Waals surface area contributed by atoms with Gasteiger partial charge < -0.3 is 0 Å². The maximum absolute atomic E-state index is 12.3. The average molecular weight is 367 g/mol. The van der Waals surface area contributed by atoms with Gasteiger partial charge in [-0.2, -0.15) is 0 Å². The van der Waals surface area contributed by atoms with Crippen LogP contribution in [0.4, 0.5) is 0 Å². The van der Waals surface area contributed by atoms with Crippen LogP contribution in [0.2, 0.25) is 0 Å². The molecule has 0 bridgehead atoms. The van der Waals surface area contributed by atoms with E-state index < -0.39 is 16.1 Å². The van der Waals surface area contributed by atoms with Gasteiger partial charge in [0.2, 0.25) is 0 Å². The Morgan fingerprint density at radius 1 is 1.08 bits per heavy atom. The van der Waals surface area contributed by atoms with E-state index in [1.54, 1.807) is 12.1 Å². The van der Waals surface area contributed by atoms with Crippen LogP contribution < -0.4 is 10.3 Å². The van der Waals surface area contributed by atoms with Gasteiger partial charge in [-0.15, -0.1) is 16.4 Å². The molecule has 1 atom stereocenters. The molecule has 7 heteroatoms. The number of benzene rings is 2. The molecule has 0 radical (unpaired) electrons. The van der Waals surface area contributed by atoms with Crippen LogP contribution in [0.25, 0.3) is 0 Å². The van der Waals surface area contributed by atoms with Gasteiger partial charge in [-0.3, -0.25) is 4.79 Å². The number of alkyl halides is 1. The third-order valence-corrected chi connectivity index (χ3v) is 5.04. The van der Waals surface area contributed by atoms with Gasteiger partial charge in [0, 0.05) is 0 Å². The van der Waals surface area contributed by atoms with E-state index in [0.29, 0.717) is 6.42 Å². The van der Waals surface area contributed by atoms with E-state index in [9.17, 15) is 13.2 Å². The van der Waals surface area contributed by atoms with Crippen molar-refractivity contribution < 1.29 is 13.2 Å². The molecule has 0 aliphatic carbocycles. The van der Waals surface area contributed by atoms with Crippen molar-refractivity contribution in [2.24, 2.45) is 0 Å². The Labute approximate surface area is 147 Å².